The average molecular weight is 331 g/mol. The molecule has 1 aromatic carbocycles. The summed E-state index contributed by atoms with van der Waals surface area (Å²) in [7, 11) is 1.40. The Morgan fingerprint density at radius 2 is 1.88 bits per heavy atom. The molecule has 5 nitrogen and oxygen atoms in total. The van der Waals surface area contributed by atoms with Crippen LogP contribution in [0.1, 0.15) is 48.7 Å². The van der Waals surface area contributed by atoms with Crippen molar-refractivity contribution in [3.8, 4) is 0 Å². The van der Waals surface area contributed by atoms with Gasteiger partial charge in [-0.1, -0.05) is 6.07 Å². The Kier molecular flexibility index (Phi) is 4.06. The number of carbonyl (C=O) groups is 2. The molecule has 0 unspecified atom stereocenters. The van der Waals surface area contributed by atoms with Crippen molar-refractivity contribution in [1.82, 2.24) is 4.90 Å². The number of hydrogen-bond donors (Lipinski definition) is 0. The number of rotatable bonds is 1. The molecular weight excluding hydrogens is 306 g/mol. The van der Waals surface area contributed by atoms with E-state index in [9.17, 15) is 9.59 Å². The monoisotopic (exact) mass is 331 g/mol. The number of ether oxygens (including phenoxy) is 2. The van der Waals surface area contributed by atoms with Crippen LogP contribution in [0.4, 0.5) is 4.79 Å². The number of benzene rings is 1. The molecular formula is C19H25NO4. The highest BCUT2D eigenvalue weighted by molar-refractivity contribution is 5.89. The van der Waals surface area contributed by atoms with Crippen LogP contribution < -0.4 is 0 Å². The molecule has 1 amide bonds. The molecule has 2 aliphatic rings. The van der Waals surface area contributed by atoms with Gasteiger partial charge < -0.3 is 14.4 Å². The SMILES string of the molecule is COC(=O)c1ccc2c(c1)C[C@@]1(CCN(C(=O)OC(C)(C)C)C1)C2. The summed E-state index contributed by atoms with van der Waals surface area (Å²) in [6.07, 6.45) is 2.58. The third-order valence-electron chi connectivity index (χ3n) is 4.85. The lowest BCUT2D eigenvalue weighted by molar-refractivity contribution is 0.0274. The molecule has 1 saturated heterocycles. The quantitative estimate of drug-likeness (QED) is 0.742. The molecule has 0 bridgehead atoms. The lowest BCUT2D eigenvalue weighted by Gasteiger charge is -2.26. The first kappa shape index (κ1) is 16.8. The fourth-order valence-electron chi connectivity index (χ4n) is 3.78. The fraction of sp³-hybridized carbons (Fsp3) is 0.579. The van der Waals surface area contributed by atoms with Gasteiger partial charge in [-0.05, 0) is 68.7 Å². The van der Waals surface area contributed by atoms with Crippen LogP contribution in [0.25, 0.3) is 0 Å². The number of fused-ring (bicyclic) bond motifs is 1. The largest absolute Gasteiger partial charge is 0.465 e. The van der Waals surface area contributed by atoms with Crippen LogP contribution in [-0.4, -0.2) is 42.8 Å². The molecule has 1 aromatic rings. The fourth-order valence-corrected chi connectivity index (χ4v) is 3.78. The summed E-state index contributed by atoms with van der Waals surface area (Å²) in [4.78, 5) is 25.8. The van der Waals surface area contributed by atoms with Gasteiger partial charge in [0.05, 0.1) is 12.7 Å². The second-order valence-corrected chi connectivity index (χ2v) is 7.98. The van der Waals surface area contributed by atoms with E-state index in [2.05, 4.69) is 0 Å². The normalized spacial score (nSPS) is 22.6. The first-order chi connectivity index (χ1) is 11.2. The maximum absolute atomic E-state index is 12.3. The van der Waals surface area contributed by atoms with Gasteiger partial charge in [-0.15, -0.1) is 0 Å². The highest BCUT2D eigenvalue weighted by Gasteiger charge is 2.45. The van der Waals surface area contributed by atoms with E-state index in [0.29, 0.717) is 12.1 Å². The molecule has 0 radical (unpaired) electrons. The zero-order valence-corrected chi connectivity index (χ0v) is 14.8. The van der Waals surface area contributed by atoms with Crippen LogP contribution in [0.3, 0.4) is 0 Å². The van der Waals surface area contributed by atoms with Crippen molar-refractivity contribution in [2.45, 2.75) is 45.6 Å². The lowest BCUT2D eigenvalue weighted by atomic mass is 9.84. The Bertz CT molecular complexity index is 676. The van der Waals surface area contributed by atoms with Crippen LogP contribution in [0.15, 0.2) is 18.2 Å². The predicted octanol–water partition coefficient (Wildman–Crippen LogP) is 3.20. The smallest absolute Gasteiger partial charge is 0.410 e. The van der Waals surface area contributed by atoms with E-state index in [0.717, 1.165) is 25.8 Å². The summed E-state index contributed by atoms with van der Waals surface area (Å²) in [5.74, 6) is -0.305. The molecule has 1 fully saturated rings. The van der Waals surface area contributed by atoms with Gasteiger partial charge in [0.1, 0.15) is 5.60 Å². The zero-order valence-electron chi connectivity index (χ0n) is 14.8. The maximum Gasteiger partial charge on any atom is 0.410 e. The molecule has 1 aliphatic carbocycles. The maximum atomic E-state index is 12.3. The topological polar surface area (TPSA) is 55.8 Å². The van der Waals surface area contributed by atoms with Crippen molar-refractivity contribution in [1.29, 1.82) is 0 Å². The second kappa shape index (κ2) is 5.80. The highest BCUT2D eigenvalue weighted by Crippen LogP contribution is 2.44. The summed E-state index contributed by atoms with van der Waals surface area (Å²) in [5, 5.41) is 0. The zero-order chi connectivity index (χ0) is 17.5. The van der Waals surface area contributed by atoms with Crippen LogP contribution in [0.2, 0.25) is 0 Å². The van der Waals surface area contributed by atoms with Gasteiger partial charge >= 0.3 is 12.1 Å². The molecule has 0 saturated carbocycles. The van der Waals surface area contributed by atoms with Crippen LogP contribution in [0.5, 0.6) is 0 Å². The van der Waals surface area contributed by atoms with E-state index >= 15 is 0 Å². The molecule has 130 valence electrons. The summed E-state index contributed by atoms with van der Waals surface area (Å²) in [6.45, 7) is 7.10. The number of esters is 1. The van der Waals surface area contributed by atoms with Crippen molar-refractivity contribution in [2.75, 3.05) is 20.2 Å². The molecule has 24 heavy (non-hydrogen) atoms. The first-order valence-corrected chi connectivity index (χ1v) is 8.39. The third-order valence-corrected chi connectivity index (χ3v) is 4.85. The number of carbonyl (C=O) groups excluding carboxylic acids is 2. The summed E-state index contributed by atoms with van der Waals surface area (Å²) < 4.78 is 10.3. The van der Waals surface area contributed by atoms with E-state index in [4.69, 9.17) is 9.47 Å². The van der Waals surface area contributed by atoms with Gasteiger partial charge in [0, 0.05) is 13.1 Å². The third kappa shape index (κ3) is 3.25. The van der Waals surface area contributed by atoms with Crippen LogP contribution in [0, 0.1) is 5.41 Å². The number of likely N-dealkylation sites (tertiary alicyclic amines) is 1. The van der Waals surface area contributed by atoms with Crippen molar-refractivity contribution in [3.63, 3.8) is 0 Å². The van der Waals surface area contributed by atoms with E-state index in [1.54, 1.807) is 0 Å². The number of amides is 1. The summed E-state index contributed by atoms with van der Waals surface area (Å²) in [6, 6.07) is 5.78. The second-order valence-electron chi connectivity index (χ2n) is 7.98. The molecule has 1 aliphatic heterocycles. The minimum absolute atomic E-state index is 0.0774. The number of hydrogen-bond acceptors (Lipinski definition) is 4. The Labute approximate surface area is 142 Å². The van der Waals surface area contributed by atoms with Crippen LogP contribution in [-0.2, 0) is 22.3 Å². The Morgan fingerprint density at radius 3 is 2.54 bits per heavy atom. The minimum Gasteiger partial charge on any atom is -0.465 e. The van der Waals surface area contributed by atoms with Gasteiger partial charge in [0.15, 0.2) is 0 Å². The van der Waals surface area contributed by atoms with E-state index in [1.165, 1.54) is 18.2 Å². The Hall–Kier alpha value is -2.04. The summed E-state index contributed by atoms with van der Waals surface area (Å²) >= 11 is 0. The molecule has 0 aromatic heterocycles. The molecule has 1 atom stereocenters. The van der Waals surface area contributed by atoms with Gasteiger partial charge in [0.25, 0.3) is 0 Å². The predicted molar refractivity (Wildman–Crippen MR) is 90.0 cm³/mol. The average Bonchev–Trinajstić information content (AvgIpc) is 3.07. The standard InChI is InChI=1S/C19H25NO4/c1-18(2,3)24-17(22)20-8-7-19(12-20)10-14-6-5-13(16(21)23-4)9-15(14)11-19/h5-6,9H,7-8,10-12H2,1-4H3/t19-/m1/s1. The number of nitrogens with zero attached hydrogens (tertiary/aromatic N) is 1. The Morgan fingerprint density at radius 1 is 1.17 bits per heavy atom. The van der Waals surface area contributed by atoms with Crippen molar-refractivity contribution < 1.29 is 19.1 Å². The van der Waals surface area contributed by atoms with Crippen molar-refractivity contribution in [3.05, 3.63) is 34.9 Å². The van der Waals surface area contributed by atoms with E-state index in [1.807, 2.05) is 43.9 Å². The van der Waals surface area contributed by atoms with E-state index < -0.39 is 5.60 Å². The van der Waals surface area contributed by atoms with Gasteiger partial charge in [-0.25, -0.2) is 9.59 Å². The molecule has 3 rings (SSSR count). The van der Waals surface area contributed by atoms with E-state index in [-0.39, 0.29) is 17.5 Å². The highest BCUT2D eigenvalue weighted by atomic mass is 16.6. The molecule has 5 heteroatoms. The van der Waals surface area contributed by atoms with Crippen LogP contribution >= 0.6 is 0 Å². The van der Waals surface area contributed by atoms with Crippen molar-refractivity contribution >= 4 is 12.1 Å². The molecule has 1 spiro atoms. The minimum atomic E-state index is -0.471. The van der Waals surface area contributed by atoms with Crippen molar-refractivity contribution in [2.24, 2.45) is 5.41 Å². The molecule has 0 N–H and O–H groups in total. The van der Waals surface area contributed by atoms with Gasteiger partial charge in [0.2, 0.25) is 0 Å². The van der Waals surface area contributed by atoms with Gasteiger partial charge in [-0.3, -0.25) is 0 Å². The summed E-state index contributed by atoms with van der Waals surface area (Å²) in [5.41, 5.74) is 2.67. The lowest BCUT2D eigenvalue weighted by Crippen LogP contribution is -2.37. The van der Waals surface area contributed by atoms with Gasteiger partial charge in [-0.2, -0.15) is 0 Å². The Balaban J connectivity index is 1.71. The number of methoxy groups -OCH3 is 1. The molecule has 1 heterocycles. The first-order valence-electron chi connectivity index (χ1n) is 8.39.